The van der Waals surface area contributed by atoms with Crippen LogP contribution in [0.4, 0.5) is 5.13 Å². The lowest BCUT2D eigenvalue weighted by molar-refractivity contribution is -0.894. The molecule has 0 saturated heterocycles. The van der Waals surface area contributed by atoms with E-state index in [2.05, 4.69) is 51.1 Å². The zero-order chi connectivity index (χ0) is 20.6. The Morgan fingerprint density at radius 2 is 1.83 bits per heavy atom. The molecule has 0 saturated carbocycles. The number of thioether (sulfide) groups is 1. The van der Waals surface area contributed by atoms with Gasteiger partial charge < -0.3 is 4.90 Å². The maximum Gasteiger partial charge on any atom is 0.229 e. The third-order valence-electron chi connectivity index (χ3n) is 5.11. The van der Waals surface area contributed by atoms with Crippen molar-refractivity contribution < 1.29 is 9.69 Å². The van der Waals surface area contributed by atoms with Crippen molar-refractivity contribution in [3.63, 3.8) is 0 Å². The van der Waals surface area contributed by atoms with E-state index in [1.807, 2.05) is 23.1 Å². The van der Waals surface area contributed by atoms with Crippen LogP contribution in [0, 0.1) is 6.92 Å². The van der Waals surface area contributed by atoms with Crippen LogP contribution in [0.5, 0.6) is 0 Å². The van der Waals surface area contributed by atoms with Gasteiger partial charge in [0.15, 0.2) is 5.13 Å². The molecule has 0 aliphatic heterocycles. The minimum Gasteiger partial charge on any atom is -0.334 e. The number of aromatic nitrogens is 1. The Morgan fingerprint density at radius 3 is 2.52 bits per heavy atom. The average Bonchev–Trinajstić information content (AvgIpc) is 3.16. The van der Waals surface area contributed by atoms with Crippen molar-refractivity contribution in [1.29, 1.82) is 0 Å². The van der Waals surface area contributed by atoms with Crippen molar-refractivity contribution in [2.45, 2.75) is 32.1 Å². The summed E-state index contributed by atoms with van der Waals surface area (Å²) in [7, 11) is 0. The van der Waals surface area contributed by atoms with Gasteiger partial charge in [0, 0.05) is 17.1 Å². The molecule has 0 unspecified atom stereocenters. The van der Waals surface area contributed by atoms with Crippen LogP contribution in [0.3, 0.4) is 0 Å². The van der Waals surface area contributed by atoms with Gasteiger partial charge in [-0.05, 0) is 45.0 Å². The molecule has 1 amide bonds. The predicted octanol–water partition coefficient (Wildman–Crippen LogP) is 4.04. The number of amides is 1. The highest BCUT2D eigenvalue weighted by Crippen LogP contribution is 2.29. The lowest BCUT2D eigenvalue weighted by Crippen LogP contribution is -3.12. The van der Waals surface area contributed by atoms with Crippen LogP contribution in [0.1, 0.15) is 25.8 Å². The molecule has 0 aliphatic carbocycles. The van der Waals surface area contributed by atoms with E-state index < -0.39 is 0 Å². The van der Waals surface area contributed by atoms with E-state index in [9.17, 15) is 4.79 Å². The largest absolute Gasteiger partial charge is 0.334 e. The number of carbonyl (C=O) groups is 1. The molecule has 4 nitrogen and oxygen atoms in total. The van der Waals surface area contributed by atoms with Crippen molar-refractivity contribution in [2.75, 3.05) is 36.8 Å². The number of para-hydroxylation sites is 1. The van der Waals surface area contributed by atoms with Crippen LogP contribution < -0.4 is 9.80 Å². The summed E-state index contributed by atoms with van der Waals surface area (Å²) < 4.78 is 1.13. The fourth-order valence-electron chi connectivity index (χ4n) is 3.20. The predicted molar refractivity (Wildman–Crippen MR) is 125 cm³/mol. The lowest BCUT2D eigenvalue weighted by atomic mass is 10.2. The highest BCUT2D eigenvalue weighted by Gasteiger charge is 2.21. The summed E-state index contributed by atoms with van der Waals surface area (Å²) in [5.74, 6) is 0.941. The first-order chi connectivity index (χ1) is 14.1. The van der Waals surface area contributed by atoms with Gasteiger partial charge in [-0.25, -0.2) is 4.98 Å². The molecule has 1 aromatic heterocycles. The van der Waals surface area contributed by atoms with E-state index in [0.29, 0.717) is 13.0 Å². The summed E-state index contributed by atoms with van der Waals surface area (Å²) in [5, 5.41) is 0.822. The van der Waals surface area contributed by atoms with Gasteiger partial charge in [-0.1, -0.05) is 41.2 Å². The molecule has 1 heterocycles. The molecule has 0 bridgehead atoms. The second-order valence-corrected chi connectivity index (χ2v) is 9.31. The molecule has 0 radical (unpaired) electrons. The van der Waals surface area contributed by atoms with Crippen molar-refractivity contribution in [3.8, 4) is 0 Å². The molecule has 0 spiro atoms. The first-order valence-corrected chi connectivity index (χ1v) is 12.1. The maximum atomic E-state index is 13.1. The number of quaternary nitrogens is 1. The van der Waals surface area contributed by atoms with E-state index in [0.717, 1.165) is 40.7 Å². The summed E-state index contributed by atoms with van der Waals surface area (Å²) in [6.07, 6.45) is 0.516. The molecule has 0 fully saturated rings. The Kier molecular flexibility index (Phi) is 8.09. The summed E-state index contributed by atoms with van der Waals surface area (Å²) in [5.41, 5.74) is 2.22. The van der Waals surface area contributed by atoms with Gasteiger partial charge in [0.05, 0.1) is 36.4 Å². The molecule has 29 heavy (non-hydrogen) atoms. The topological polar surface area (TPSA) is 37.6 Å². The Hall–Kier alpha value is -1.89. The number of nitrogens with one attached hydrogen (secondary N) is 1. The Bertz CT molecular complexity index is 886. The number of anilines is 1. The molecule has 6 heteroatoms. The minimum absolute atomic E-state index is 0.162. The molecule has 154 valence electrons. The first kappa shape index (κ1) is 21.8. The minimum atomic E-state index is 0.162. The summed E-state index contributed by atoms with van der Waals surface area (Å²) >= 11 is 3.35. The van der Waals surface area contributed by atoms with E-state index >= 15 is 0 Å². The number of hydrogen-bond donors (Lipinski definition) is 1. The number of carbonyl (C=O) groups excluding carboxylic acids is 1. The van der Waals surface area contributed by atoms with Gasteiger partial charge in [0.2, 0.25) is 5.91 Å². The third kappa shape index (κ3) is 6.04. The highest BCUT2D eigenvalue weighted by molar-refractivity contribution is 7.99. The Balaban J connectivity index is 1.68. The molecule has 2 aromatic carbocycles. The monoisotopic (exact) mass is 428 g/mol. The zero-order valence-corrected chi connectivity index (χ0v) is 19.1. The molecule has 0 atom stereocenters. The number of fused-ring (bicyclic) bond motifs is 1. The molecule has 0 aliphatic rings. The van der Waals surface area contributed by atoms with Gasteiger partial charge >= 0.3 is 0 Å². The zero-order valence-electron chi connectivity index (χ0n) is 17.5. The fraction of sp³-hybridized carbons (Fsp3) is 0.391. The fourth-order valence-corrected chi connectivity index (χ4v) is 5.05. The summed E-state index contributed by atoms with van der Waals surface area (Å²) in [4.78, 5) is 22.5. The van der Waals surface area contributed by atoms with E-state index in [1.54, 1.807) is 23.1 Å². The van der Waals surface area contributed by atoms with Crippen molar-refractivity contribution in [3.05, 3.63) is 54.1 Å². The molecular weight excluding hydrogens is 398 g/mol. The number of rotatable bonds is 10. The Morgan fingerprint density at radius 1 is 1.10 bits per heavy atom. The summed E-state index contributed by atoms with van der Waals surface area (Å²) in [6, 6.07) is 16.6. The van der Waals surface area contributed by atoms with Crippen molar-refractivity contribution >= 4 is 44.4 Å². The average molecular weight is 429 g/mol. The van der Waals surface area contributed by atoms with Gasteiger partial charge in [-0.2, -0.15) is 0 Å². The number of hydrogen-bond acceptors (Lipinski definition) is 4. The molecular formula is C23H30N3OS2+. The van der Waals surface area contributed by atoms with E-state index in [1.165, 1.54) is 15.4 Å². The van der Waals surface area contributed by atoms with Crippen molar-refractivity contribution in [2.24, 2.45) is 0 Å². The summed E-state index contributed by atoms with van der Waals surface area (Å²) in [6.45, 7) is 10.3. The number of likely N-dealkylation sites (N-methyl/N-ethyl adjacent to an activating group) is 1. The van der Waals surface area contributed by atoms with Crippen LogP contribution in [-0.4, -0.2) is 42.8 Å². The van der Waals surface area contributed by atoms with Crippen LogP contribution in [0.15, 0.2) is 53.4 Å². The van der Waals surface area contributed by atoms with Crippen LogP contribution in [-0.2, 0) is 4.79 Å². The van der Waals surface area contributed by atoms with Crippen LogP contribution >= 0.6 is 23.1 Å². The van der Waals surface area contributed by atoms with Gasteiger partial charge in [-0.3, -0.25) is 9.69 Å². The second-order valence-electron chi connectivity index (χ2n) is 7.13. The number of aryl methyl sites for hydroxylation is 1. The Labute approximate surface area is 181 Å². The molecule has 3 aromatic rings. The third-order valence-corrected chi connectivity index (χ3v) is 7.18. The van der Waals surface area contributed by atoms with E-state index in [-0.39, 0.29) is 5.91 Å². The van der Waals surface area contributed by atoms with Crippen molar-refractivity contribution in [1.82, 2.24) is 4.98 Å². The maximum absolute atomic E-state index is 13.1. The van der Waals surface area contributed by atoms with Crippen LogP contribution in [0.2, 0.25) is 0 Å². The van der Waals surface area contributed by atoms with Gasteiger partial charge in [0.1, 0.15) is 0 Å². The second kappa shape index (κ2) is 10.8. The molecule has 3 rings (SSSR count). The van der Waals surface area contributed by atoms with Crippen LogP contribution in [0.25, 0.3) is 10.2 Å². The van der Waals surface area contributed by atoms with E-state index in [4.69, 9.17) is 4.98 Å². The smallest absolute Gasteiger partial charge is 0.229 e. The van der Waals surface area contributed by atoms with Gasteiger partial charge in [0.25, 0.3) is 0 Å². The lowest BCUT2D eigenvalue weighted by Gasteiger charge is -2.23. The number of benzene rings is 2. The SMILES string of the molecule is CC[NH+](CC)CCN(C(=O)CCSc1ccc(C)cc1)c1nc2ccccc2s1. The van der Waals surface area contributed by atoms with Gasteiger partial charge in [-0.15, -0.1) is 11.8 Å². The standard InChI is InChI=1S/C23H29N3OS2/c1-4-25(5-2)15-16-26(23-24-20-8-6-7-9-21(20)29-23)22(27)14-17-28-19-12-10-18(3)11-13-19/h6-13H,4-5,14-17H2,1-3H3/p+1. The molecule has 1 N–H and O–H groups in total. The normalized spacial score (nSPS) is 11.3. The first-order valence-electron chi connectivity index (χ1n) is 10.3. The highest BCUT2D eigenvalue weighted by atomic mass is 32.2. The quantitative estimate of drug-likeness (QED) is 0.495. The number of nitrogens with zero attached hydrogens (tertiary/aromatic N) is 2. The number of thiazole rings is 1.